The molecule has 3 atom stereocenters. The minimum absolute atomic E-state index is 0.00769. The van der Waals surface area contributed by atoms with Crippen LogP contribution in [0, 0.1) is 5.92 Å². The first-order chi connectivity index (χ1) is 13.0. The number of hydrogen-bond acceptors (Lipinski definition) is 3. The maximum atomic E-state index is 13.2. The summed E-state index contributed by atoms with van der Waals surface area (Å²) in [5.74, 6) is -0.0867. The fraction of sp³-hybridized carbons (Fsp3) is 0.476. The van der Waals surface area contributed by atoms with E-state index < -0.39 is 0 Å². The number of aromatic amines is 1. The summed E-state index contributed by atoms with van der Waals surface area (Å²) in [6.07, 6.45) is 5.34. The Kier molecular flexibility index (Phi) is 4.80. The van der Waals surface area contributed by atoms with E-state index in [4.69, 9.17) is 5.11 Å². The van der Waals surface area contributed by atoms with Gasteiger partial charge in [-0.25, -0.2) is 5.43 Å². The number of aromatic nitrogens is 1. The number of likely N-dealkylation sites (N-methyl/N-ethyl adjacent to an activating group) is 1. The zero-order chi connectivity index (χ0) is 19.1. The van der Waals surface area contributed by atoms with E-state index in [2.05, 4.69) is 47.9 Å². The van der Waals surface area contributed by atoms with Crippen LogP contribution in [0.15, 0.2) is 30.5 Å². The fourth-order valence-electron chi connectivity index (χ4n) is 4.61. The molecule has 0 saturated heterocycles. The molecule has 27 heavy (non-hydrogen) atoms. The topological polar surface area (TPSA) is 72.8 Å². The van der Waals surface area contributed by atoms with Gasteiger partial charge in [0.1, 0.15) is 12.0 Å². The number of nitrogens with zero attached hydrogens (tertiary/aromatic N) is 1. The van der Waals surface area contributed by atoms with Crippen LogP contribution < -0.4 is 10.3 Å². The Morgan fingerprint density at radius 2 is 2.26 bits per heavy atom. The third kappa shape index (κ3) is 3.08. The van der Waals surface area contributed by atoms with Crippen LogP contribution in [-0.2, 0) is 11.2 Å². The highest BCUT2D eigenvalue weighted by Crippen LogP contribution is 2.37. The van der Waals surface area contributed by atoms with E-state index in [0.717, 1.165) is 13.0 Å². The average Bonchev–Trinajstić information content (AvgIpc) is 3.07. The zero-order valence-electron chi connectivity index (χ0n) is 16.2. The van der Waals surface area contributed by atoms with Crippen molar-refractivity contribution in [1.82, 2.24) is 15.4 Å². The van der Waals surface area contributed by atoms with Gasteiger partial charge in [0.2, 0.25) is 5.91 Å². The van der Waals surface area contributed by atoms with Gasteiger partial charge in [0, 0.05) is 41.7 Å². The van der Waals surface area contributed by atoms with Gasteiger partial charge < -0.3 is 15.0 Å². The number of fused-ring (bicyclic) bond motifs is 2. The van der Waals surface area contributed by atoms with Gasteiger partial charge in [-0.1, -0.05) is 18.2 Å². The summed E-state index contributed by atoms with van der Waals surface area (Å²) >= 11 is 0. The highest BCUT2D eigenvalue weighted by atomic mass is 16.3. The average molecular weight is 369 g/mol. The number of aliphatic hydroxyl groups is 1. The number of benzene rings is 1. The molecular formula is C21H29N4O2+. The van der Waals surface area contributed by atoms with E-state index in [1.54, 1.807) is 5.01 Å². The smallest absolute Gasteiger partial charge is 0.249 e. The molecule has 1 aliphatic heterocycles. The van der Waals surface area contributed by atoms with Crippen LogP contribution in [-0.4, -0.2) is 59.8 Å². The Balaban J connectivity index is 1.71. The Morgan fingerprint density at radius 3 is 3.00 bits per heavy atom. The molecule has 2 aliphatic rings. The van der Waals surface area contributed by atoms with Crippen LogP contribution in [0.2, 0.25) is 0 Å². The zero-order valence-corrected chi connectivity index (χ0v) is 16.2. The van der Waals surface area contributed by atoms with Crippen molar-refractivity contribution in [2.24, 2.45) is 5.92 Å². The van der Waals surface area contributed by atoms with Crippen LogP contribution in [0.4, 0.5) is 0 Å². The number of hydrogen-bond donors (Lipinski definition) is 4. The molecule has 2 heterocycles. The van der Waals surface area contributed by atoms with Gasteiger partial charge in [0.05, 0.1) is 20.2 Å². The van der Waals surface area contributed by atoms with Crippen molar-refractivity contribution in [3.63, 3.8) is 0 Å². The van der Waals surface area contributed by atoms with E-state index in [1.807, 2.05) is 13.8 Å². The van der Waals surface area contributed by atoms with Gasteiger partial charge in [0.15, 0.2) is 0 Å². The Hall–Kier alpha value is -2.15. The molecule has 144 valence electrons. The van der Waals surface area contributed by atoms with Crippen molar-refractivity contribution in [3.8, 4) is 0 Å². The molecule has 4 rings (SSSR count). The van der Waals surface area contributed by atoms with Gasteiger partial charge in [-0.3, -0.25) is 9.80 Å². The molecular weight excluding hydrogens is 340 g/mol. The van der Waals surface area contributed by atoms with Gasteiger partial charge >= 0.3 is 0 Å². The van der Waals surface area contributed by atoms with Crippen LogP contribution in [0.3, 0.4) is 0 Å². The fourth-order valence-corrected chi connectivity index (χ4v) is 4.61. The van der Waals surface area contributed by atoms with E-state index in [-0.39, 0.29) is 24.5 Å². The monoisotopic (exact) mass is 369 g/mol. The molecule has 4 N–H and O–H groups in total. The highest BCUT2D eigenvalue weighted by molar-refractivity contribution is 5.98. The SMILES string of the molecule is CC(C)N(NCCO)C(=O)[C@@H]1C=C2c3cccc4[nH]cc(c34)C[C@H]2[NH+](C)C1. The summed E-state index contributed by atoms with van der Waals surface area (Å²) in [6.45, 7) is 5.15. The van der Waals surface area contributed by atoms with E-state index >= 15 is 0 Å². The minimum atomic E-state index is -0.166. The molecule has 0 saturated carbocycles. The van der Waals surface area contributed by atoms with Crippen LogP contribution in [0.1, 0.15) is 25.0 Å². The summed E-state index contributed by atoms with van der Waals surface area (Å²) in [6, 6.07) is 6.81. The lowest BCUT2D eigenvalue weighted by Crippen LogP contribution is -3.15. The molecule has 1 amide bonds. The van der Waals surface area contributed by atoms with Gasteiger partial charge in [0.25, 0.3) is 0 Å². The molecule has 1 aromatic carbocycles. The van der Waals surface area contributed by atoms with Crippen molar-refractivity contribution in [2.45, 2.75) is 32.4 Å². The molecule has 1 aliphatic carbocycles. The molecule has 6 nitrogen and oxygen atoms in total. The molecule has 0 bridgehead atoms. The number of rotatable bonds is 5. The molecule has 1 aromatic heterocycles. The molecule has 1 unspecified atom stereocenters. The van der Waals surface area contributed by atoms with Crippen molar-refractivity contribution in [1.29, 1.82) is 0 Å². The second-order valence-electron chi connectivity index (χ2n) is 8.01. The Labute approximate surface area is 159 Å². The lowest BCUT2D eigenvalue weighted by atomic mass is 9.79. The summed E-state index contributed by atoms with van der Waals surface area (Å²) in [4.78, 5) is 18.0. The summed E-state index contributed by atoms with van der Waals surface area (Å²) < 4.78 is 0. The number of amides is 1. The van der Waals surface area contributed by atoms with Crippen molar-refractivity contribution in [3.05, 3.63) is 41.6 Å². The van der Waals surface area contributed by atoms with Crippen LogP contribution in [0.5, 0.6) is 0 Å². The first kappa shape index (κ1) is 18.2. The maximum absolute atomic E-state index is 13.2. The Morgan fingerprint density at radius 1 is 1.44 bits per heavy atom. The summed E-state index contributed by atoms with van der Waals surface area (Å²) in [5.41, 5.74) is 8.17. The van der Waals surface area contributed by atoms with Crippen molar-refractivity contribution < 1.29 is 14.8 Å². The number of H-pyrrole nitrogens is 1. The third-order valence-corrected chi connectivity index (χ3v) is 5.88. The quantitative estimate of drug-likeness (QED) is 0.575. The molecule has 2 aromatic rings. The molecule has 0 fully saturated rings. The van der Waals surface area contributed by atoms with E-state index in [9.17, 15) is 4.79 Å². The lowest BCUT2D eigenvalue weighted by molar-refractivity contribution is -0.900. The predicted molar refractivity (Wildman–Crippen MR) is 106 cm³/mol. The second kappa shape index (κ2) is 7.11. The third-order valence-electron chi connectivity index (χ3n) is 5.88. The standard InChI is InChI=1S/C21H28N4O2/c1-13(2)25(23-7-8-26)21(27)15-9-17-16-5-4-6-18-20(16)14(11-22-18)10-19(17)24(3)12-15/h4-6,9,11,13,15,19,22-23,26H,7-8,10,12H2,1-3H3/p+1/t15-,19-/m1/s1. The Bertz CT molecular complexity index is 885. The normalized spacial score (nSPS) is 24.0. The first-order valence-electron chi connectivity index (χ1n) is 9.82. The van der Waals surface area contributed by atoms with Gasteiger partial charge in [-0.2, -0.15) is 0 Å². The minimum Gasteiger partial charge on any atom is -0.395 e. The number of hydrazine groups is 1. The molecule has 6 heteroatoms. The van der Waals surface area contributed by atoms with Crippen molar-refractivity contribution in [2.75, 3.05) is 26.7 Å². The number of aliphatic hydroxyl groups excluding tert-OH is 1. The van der Waals surface area contributed by atoms with E-state index in [0.29, 0.717) is 12.6 Å². The number of carbonyl (C=O) groups excluding carboxylic acids is 1. The number of quaternary nitrogens is 1. The van der Waals surface area contributed by atoms with Crippen molar-refractivity contribution >= 4 is 22.4 Å². The second-order valence-corrected chi connectivity index (χ2v) is 8.01. The predicted octanol–water partition coefficient (Wildman–Crippen LogP) is 0.354. The summed E-state index contributed by atoms with van der Waals surface area (Å²) in [5, 5.41) is 12.1. The molecule has 0 spiro atoms. The van der Waals surface area contributed by atoms with Gasteiger partial charge in [-0.05, 0) is 31.0 Å². The van der Waals surface area contributed by atoms with Crippen LogP contribution >= 0.6 is 0 Å². The largest absolute Gasteiger partial charge is 0.395 e. The maximum Gasteiger partial charge on any atom is 0.249 e. The molecule has 0 radical (unpaired) electrons. The highest BCUT2D eigenvalue weighted by Gasteiger charge is 2.40. The lowest BCUT2D eigenvalue weighted by Gasteiger charge is -2.38. The number of carbonyl (C=O) groups is 1. The van der Waals surface area contributed by atoms with Gasteiger partial charge in [-0.15, -0.1) is 0 Å². The summed E-state index contributed by atoms with van der Waals surface area (Å²) in [7, 11) is 2.19. The van der Waals surface area contributed by atoms with E-state index in [1.165, 1.54) is 32.5 Å². The number of nitrogens with one attached hydrogen (secondary N) is 3. The first-order valence-corrected chi connectivity index (χ1v) is 9.82. The van der Waals surface area contributed by atoms with Crippen LogP contribution in [0.25, 0.3) is 16.5 Å².